The normalized spacial score (nSPS) is 12.7. The molecular formula is C6H6Cl4O. The summed E-state index contributed by atoms with van der Waals surface area (Å²) in [5.41, 5.74) is 0. The van der Waals surface area contributed by atoms with Crippen LogP contribution in [0.4, 0.5) is 0 Å². The summed E-state index contributed by atoms with van der Waals surface area (Å²) in [6.07, 6.45) is 2.30. The van der Waals surface area contributed by atoms with Gasteiger partial charge in [-0.05, 0) is 12.2 Å². The maximum Gasteiger partial charge on any atom is 0.239 e. The first kappa shape index (κ1) is 11.6. The van der Waals surface area contributed by atoms with Gasteiger partial charge in [0.1, 0.15) is 0 Å². The van der Waals surface area contributed by atoms with Crippen LogP contribution >= 0.6 is 46.4 Å². The summed E-state index contributed by atoms with van der Waals surface area (Å²) < 4.78 is 1.55. The van der Waals surface area contributed by atoms with Crippen LogP contribution in [-0.2, 0) is 4.74 Å². The molecule has 0 saturated carbocycles. The fraction of sp³-hybridized carbons (Fsp3) is 0.333. The van der Waals surface area contributed by atoms with E-state index >= 15 is 0 Å². The van der Waals surface area contributed by atoms with E-state index in [1.807, 2.05) is 0 Å². The molecule has 5 heteroatoms. The van der Waals surface area contributed by atoms with Gasteiger partial charge in [0.05, 0.1) is 0 Å². The number of halogens is 4. The van der Waals surface area contributed by atoms with Gasteiger partial charge in [0.15, 0.2) is 0 Å². The minimum Gasteiger partial charge on any atom is -0.303 e. The van der Waals surface area contributed by atoms with Crippen molar-refractivity contribution in [3.63, 3.8) is 0 Å². The highest BCUT2D eigenvalue weighted by molar-refractivity contribution is 6.51. The van der Waals surface area contributed by atoms with Gasteiger partial charge in [0.2, 0.25) is 9.04 Å². The van der Waals surface area contributed by atoms with E-state index in [4.69, 9.17) is 51.1 Å². The average molecular weight is 236 g/mol. The highest BCUT2D eigenvalue weighted by atomic mass is 35.5. The van der Waals surface area contributed by atoms with Crippen LogP contribution in [0.15, 0.2) is 25.3 Å². The maximum absolute atomic E-state index is 5.49. The first-order chi connectivity index (χ1) is 4.83. The number of alkyl halides is 4. The third-order valence-electron chi connectivity index (χ3n) is 0.747. The Morgan fingerprint density at radius 2 is 1.18 bits per heavy atom. The van der Waals surface area contributed by atoms with Crippen LogP contribution in [-0.4, -0.2) is 9.04 Å². The van der Waals surface area contributed by atoms with Gasteiger partial charge in [-0.15, -0.1) is 0 Å². The fourth-order valence-electron chi connectivity index (χ4n) is 0.265. The van der Waals surface area contributed by atoms with Gasteiger partial charge >= 0.3 is 0 Å². The summed E-state index contributed by atoms with van der Waals surface area (Å²) in [5, 5.41) is 0. The second kappa shape index (κ2) is 4.01. The topological polar surface area (TPSA) is 9.23 Å². The molecule has 0 fully saturated rings. The molecule has 0 saturated heterocycles. The van der Waals surface area contributed by atoms with Gasteiger partial charge in [-0.25, -0.2) is 0 Å². The van der Waals surface area contributed by atoms with Crippen molar-refractivity contribution in [2.24, 2.45) is 0 Å². The van der Waals surface area contributed by atoms with E-state index in [2.05, 4.69) is 13.2 Å². The third-order valence-corrected chi connectivity index (χ3v) is 1.67. The van der Waals surface area contributed by atoms with Crippen molar-refractivity contribution in [1.29, 1.82) is 0 Å². The number of hydrogen-bond donors (Lipinski definition) is 0. The Labute approximate surface area is 85.5 Å². The molecule has 0 heterocycles. The summed E-state index contributed by atoms with van der Waals surface area (Å²) in [6, 6.07) is 0. The van der Waals surface area contributed by atoms with Gasteiger partial charge in [0.25, 0.3) is 0 Å². The second-order valence-electron chi connectivity index (χ2n) is 1.63. The minimum absolute atomic E-state index is 1.15. The lowest BCUT2D eigenvalue weighted by Gasteiger charge is -2.23. The second-order valence-corrected chi connectivity index (χ2v) is 4.27. The van der Waals surface area contributed by atoms with Crippen LogP contribution < -0.4 is 0 Å². The Morgan fingerprint density at radius 3 is 1.36 bits per heavy atom. The van der Waals surface area contributed by atoms with E-state index < -0.39 is 9.04 Å². The Balaban J connectivity index is 4.23. The van der Waals surface area contributed by atoms with Crippen LogP contribution in [0.3, 0.4) is 0 Å². The summed E-state index contributed by atoms with van der Waals surface area (Å²) >= 11 is 22.0. The van der Waals surface area contributed by atoms with Gasteiger partial charge < -0.3 is 4.74 Å². The molecule has 11 heavy (non-hydrogen) atoms. The molecule has 0 aromatic carbocycles. The largest absolute Gasteiger partial charge is 0.303 e. The van der Waals surface area contributed by atoms with Crippen molar-refractivity contribution in [3.05, 3.63) is 25.3 Å². The summed E-state index contributed by atoms with van der Waals surface area (Å²) in [5.74, 6) is 0. The van der Waals surface area contributed by atoms with Crippen LogP contribution in [0.5, 0.6) is 0 Å². The van der Waals surface area contributed by atoms with E-state index in [1.165, 1.54) is 0 Å². The zero-order valence-electron chi connectivity index (χ0n) is 5.49. The van der Waals surface area contributed by atoms with Crippen LogP contribution in [0.1, 0.15) is 0 Å². The molecule has 0 aliphatic carbocycles. The fourth-order valence-corrected chi connectivity index (χ4v) is 0.910. The minimum atomic E-state index is -1.60. The quantitative estimate of drug-likeness (QED) is 0.534. The molecule has 0 spiro atoms. The maximum atomic E-state index is 5.49. The van der Waals surface area contributed by atoms with E-state index in [0.29, 0.717) is 0 Å². The molecule has 0 rings (SSSR count). The lowest BCUT2D eigenvalue weighted by molar-refractivity contribution is 0.0842. The van der Waals surface area contributed by atoms with E-state index in [9.17, 15) is 0 Å². The highest BCUT2D eigenvalue weighted by Crippen LogP contribution is 2.35. The Kier molecular flexibility index (Phi) is 4.23. The molecule has 0 aromatic rings. The van der Waals surface area contributed by atoms with Crippen molar-refractivity contribution in [2.45, 2.75) is 9.04 Å². The summed E-state index contributed by atoms with van der Waals surface area (Å²) in [7, 11) is 0. The van der Waals surface area contributed by atoms with E-state index in [-0.39, 0.29) is 0 Å². The zero-order valence-corrected chi connectivity index (χ0v) is 8.51. The van der Waals surface area contributed by atoms with E-state index in [0.717, 1.165) is 12.2 Å². The lowest BCUT2D eigenvalue weighted by atomic mass is 10.6. The molecule has 64 valence electrons. The highest BCUT2D eigenvalue weighted by Gasteiger charge is 2.32. The first-order valence-corrected chi connectivity index (χ1v) is 4.07. The molecule has 0 unspecified atom stereocenters. The van der Waals surface area contributed by atoms with Crippen molar-refractivity contribution in [2.75, 3.05) is 0 Å². The Morgan fingerprint density at radius 1 is 0.909 bits per heavy atom. The number of ether oxygens (including phenoxy) is 1. The summed E-state index contributed by atoms with van der Waals surface area (Å²) in [6.45, 7) is 6.62. The van der Waals surface area contributed by atoms with Crippen LogP contribution in [0, 0.1) is 0 Å². The average Bonchev–Trinajstić information content (AvgIpc) is 1.86. The molecule has 0 aromatic heterocycles. The predicted molar refractivity (Wildman–Crippen MR) is 50.4 cm³/mol. The van der Waals surface area contributed by atoms with Crippen LogP contribution in [0.2, 0.25) is 0 Å². The molecular weight excluding hydrogens is 230 g/mol. The molecule has 0 radical (unpaired) electrons. The smallest absolute Gasteiger partial charge is 0.239 e. The standard InChI is InChI=1S/C6H6Cl4O/c1-3-5(7,8)11-6(9,10)4-2/h3-4H,1-2H2. The van der Waals surface area contributed by atoms with Crippen molar-refractivity contribution >= 4 is 46.4 Å². The first-order valence-electron chi connectivity index (χ1n) is 2.56. The Bertz CT molecular complexity index is 146. The van der Waals surface area contributed by atoms with Crippen molar-refractivity contribution in [1.82, 2.24) is 0 Å². The molecule has 0 N–H and O–H groups in total. The molecule has 0 bridgehead atoms. The van der Waals surface area contributed by atoms with Crippen LogP contribution in [0.25, 0.3) is 0 Å². The van der Waals surface area contributed by atoms with E-state index in [1.54, 1.807) is 0 Å². The molecule has 0 atom stereocenters. The van der Waals surface area contributed by atoms with Crippen molar-refractivity contribution in [3.8, 4) is 0 Å². The third kappa shape index (κ3) is 4.94. The van der Waals surface area contributed by atoms with Crippen molar-refractivity contribution < 1.29 is 4.74 Å². The van der Waals surface area contributed by atoms with Gasteiger partial charge in [-0.1, -0.05) is 59.6 Å². The molecule has 1 nitrogen and oxygen atoms in total. The monoisotopic (exact) mass is 234 g/mol. The SMILES string of the molecule is C=CC(Cl)(Cl)OC(Cl)(Cl)C=C. The lowest BCUT2D eigenvalue weighted by Crippen LogP contribution is -2.25. The number of hydrogen-bond acceptors (Lipinski definition) is 1. The predicted octanol–water partition coefficient (Wildman–Crippen LogP) is 3.64. The van der Waals surface area contributed by atoms with Gasteiger partial charge in [-0.2, -0.15) is 0 Å². The molecule has 0 aliphatic heterocycles. The zero-order chi connectivity index (χ0) is 9.12. The van der Waals surface area contributed by atoms with Gasteiger partial charge in [-0.3, -0.25) is 0 Å². The van der Waals surface area contributed by atoms with Gasteiger partial charge in [0, 0.05) is 0 Å². The summed E-state index contributed by atoms with van der Waals surface area (Å²) in [4.78, 5) is 0. The molecule has 0 aliphatic rings. The Hall–Kier alpha value is 0.600. The molecule has 0 amide bonds. The number of rotatable bonds is 4.